The van der Waals surface area contributed by atoms with Crippen LogP contribution in [0.2, 0.25) is 0 Å². The number of nitrogens with zero attached hydrogens (tertiary/aromatic N) is 2. The van der Waals surface area contributed by atoms with Crippen molar-refractivity contribution in [2.45, 2.75) is 0 Å². The minimum absolute atomic E-state index is 1.19. The van der Waals surface area contributed by atoms with Gasteiger partial charge in [-0.15, -0.1) is 0 Å². The van der Waals surface area contributed by atoms with Crippen molar-refractivity contribution in [2.24, 2.45) is 7.05 Å². The van der Waals surface area contributed by atoms with Gasteiger partial charge in [0.15, 0.2) is 0 Å². The van der Waals surface area contributed by atoms with Crippen molar-refractivity contribution < 1.29 is 0 Å². The Morgan fingerprint density at radius 1 is 1.00 bits per heavy atom. The van der Waals surface area contributed by atoms with E-state index in [-0.39, 0.29) is 0 Å². The first-order chi connectivity index (χ1) is 6.88. The predicted molar refractivity (Wildman–Crippen MR) is 58.2 cm³/mol. The molecule has 0 saturated heterocycles. The highest BCUT2D eigenvalue weighted by Crippen LogP contribution is 2.26. The molecule has 3 rings (SSSR count). The van der Waals surface area contributed by atoms with Crippen LogP contribution in [0.25, 0.3) is 21.8 Å². The van der Waals surface area contributed by atoms with Gasteiger partial charge in [0.05, 0.1) is 11.7 Å². The van der Waals surface area contributed by atoms with E-state index in [2.05, 4.69) is 46.9 Å². The van der Waals surface area contributed by atoms with Gasteiger partial charge in [0.25, 0.3) is 0 Å². The van der Waals surface area contributed by atoms with E-state index in [1.807, 2.05) is 12.4 Å². The first-order valence-electron chi connectivity index (χ1n) is 4.65. The zero-order valence-corrected chi connectivity index (χ0v) is 7.94. The van der Waals surface area contributed by atoms with Crippen molar-refractivity contribution in [3.8, 4) is 0 Å². The Bertz CT molecular complexity index is 555. The molecule has 14 heavy (non-hydrogen) atoms. The number of hydrogen-bond donors (Lipinski definition) is 0. The van der Waals surface area contributed by atoms with Gasteiger partial charge >= 0.3 is 0 Å². The molecule has 0 aliphatic rings. The third-order valence-electron chi connectivity index (χ3n) is 2.72. The fraction of sp³-hybridized carbons (Fsp3) is 0.0833. The number of para-hydroxylation sites is 1. The number of aryl methyl sites for hydroxylation is 1. The SMILES string of the molecule is Cn1c2ccccc2c2ccncc21. The Morgan fingerprint density at radius 3 is 2.71 bits per heavy atom. The molecule has 0 bridgehead atoms. The lowest BCUT2D eigenvalue weighted by Crippen LogP contribution is -1.85. The second-order valence-corrected chi connectivity index (χ2v) is 3.47. The molecule has 0 saturated carbocycles. The Labute approximate surface area is 81.8 Å². The van der Waals surface area contributed by atoms with Crippen LogP contribution in [-0.2, 0) is 7.05 Å². The van der Waals surface area contributed by atoms with Crippen molar-refractivity contribution in [1.82, 2.24) is 9.55 Å². The summed E-state index contributed by atoms with van der Waals surface area (Å²) >= 11 is 0. The normalized spacial score (nSPS) is 11.2. The summed E-state index contributed by atoms with van der Waals surface area (Å²) in [5, 5.41) is 2.57. The van der Waals surface area contributed by atoms with Crippen LogP contribution in [0, 0.1) is 0 Å². The average molecular weight is 182 g/mol. The maximum absolute atomic E-state index is 4.15. The quantitative estimate of drug-likeness (QED) is 0.522. The van der Waals surface area contributed by atoms with Gasteiger partial charge in [-0.05, 0) is 12.1 Å². The van der Waals surface area contributed by atoms with E-state index in [0.717, 1.165) is 0 Å². The van der Waals surface area contributed by atoms with Crippen molar-refractivity contribution >= 4 is 21.8 Å². The van der Waals surface area contributed by atoms with Gasteiger partial charge in [-0.25, -0.2) is 0 Å². The second-order valence-electron chi connectivity index (χ2n) is 3.47. The van der Waals surface area contributed by atoms with E-state index < -0.39 is 0 Å². The average Bonchev–Trinajstić information content (AvgIpc) is 2.55. The fourth-order valence-electron chi connectivity index (χ4n) is 2.00. The molecule has 2 nitrogen and oxygen atoms in total. The number of fused-ring (bicyclic) bond motifs is 3. The lowest BCUT2D eigenvalue weighted by atomic mass is 10.2. The molecule has 0 spiro atoms. The monoisotopic (exact) mass is 182 g/mol. The Morgan fingerprint density at radius 2 is 1.79 bits per heavy atom. The Kier molecular flexibility index (Phi) is 1.39. The summed E-state index contributed by atoms with van der Waals surface area (Å²) in [5.74, 6) is 0. The lowest BCUT2D eigenvalue weighted by molar-refractivity contribution is 1.01. The molecule has 0 amide bonds. The maximum Gasteiger partial charge on any atom is 0.0675 e. The van der Waals surface area contributed by atoms with Crippen LogP contribution in [-0.4, -0.2) is 9.55 Å². The van der Waals surface area contributed by atoms with Gasteiger partial charge in [-0.3, -0.25) is 4.98 Å². The molecule has 0 unspecified atom stereocenters. The molecule has 0 atom stereocenters. The third-order valence-corrected chi connectivity index (χ3v) is 2.72. The van der Waals surface area contributed by atoms with E-state index in [1.165, 1.54) is 21.8 Å². The molecule has 2 heteroatoms. The molecule has 1 aromatic carbocycles. The summed E-state index contributed by atoms with van der Waals surface area (Å²) in [5.41, 5.74) is 2.45. The van der Waals surface area contributed by atoms with Gasteiger partial charge in [0.1, 0.15) is 0 Å². The topological polar surface area (TPSA) is 17.8 Å². The van der Waals surface area contributed by atoms with Gasteiger partial charge in [0, 0.05) is 29.5 Å². The van der Waals surface area contributed by atoms with E-state index in [9.17, 15) is 0 Å². The highest BCUT2D eigenvalue weighted by molar-refractivity contribution is 6.07. The number of benzene rings is 1. The summed E-state index contributed by atoms with van der Waals surface area (Å²) in [4.78, 5) is 4.15. The third kappa shape index (κ3) is 0.826. The van der Waals surface area contributed by atoms with Crippen molar-refractivity contribution in [3.63, 3.8) is 0 Å². The van der Waals surface area contributed by atoms with Gasteiger partial charge in [0.2, 0.25) is 0 Å². The molecule has 0 fully saturated rings. The smallest absolute Gasteiger partial charge is 0.0675 e. The van der Waals surface area contributed by atoms with Crippen molar-refractivity contribution in [2.75, 3.05) is 0 Å². The molecular formula is C12H10N2. The van der Waals surface area contributed by atoms with E-state index >= 15 is 0 Å². The number of aromatic nitrogens is 2. The molecule has 0 aliphatic heterocycles. The van der Waals surface area contributed by atoms with Gasteiger partial charge in [-0.1, -0.05) is 18.2 Å². The van der Waals surface area contributed by atoms with Crippen LogP contribution in [0.5, 0.6) is 0 Å². The minimum Gasteiger partial charge on any atom is -0.342 e. The number of pyridine rings is 1. The van der Waals surface area contributed by atoms with Crippen LogP contribution in [0.3, 0.4) is 0 Å². The van der Waals surface area contributed by atoms with Crippen molar-refractivity contribution in [1.29, 1.82) is 0 Å². The lowest BCUT2D eigenvalue weighted by Gasteiger charge is -1.95. The predicted octanol–water partition coefficient (Wildman–Crippen LogP) is 2.73. The molecule has 2 aromatic heterocycles. The first-order valence-corrected chi connectivity index (χ1v) is 4.65. The maximum atomic E-state index is 4.15. The zero-order valence-electron chi connectivity index (χ0n) is 7.94. The minimum atomic E-state index is 1.19. The summed E-state index contributed by atoms with van der Waals surface area (Å²) < 4.78 is 2.18. The van der Waals surface area contributed by atoms with Gasteiger partial charge in [-0.2, -0.15) is 0 Å². The Balaban J connectivity index is 2.69. The Hall–Kier alpha value is -1.83. The van der Waals surface area contributed by atoms with Crippen LogP contribution >= 0.6 is 0 Å². The highest BCUT2D eigenvalue weighted by atomic mass is 14.9. The summed E-state index contributed by atoms with van der Waals surface area (Å²) in [6.07, 6.45) is 3.75. The number of hydrogen-bond acceptors (Lipinski definition) is 1. The number of rotatable bonds is 0. The fourth-order valence-corrected chi connectivity index (χ4v) is 2.00. The van der Waals surface area contributed by atoms with Crippen LogP contribution in [0.15, 0.2) is 42.7 Å². The van der Waals surface area contributed by atoms with E-state index in [1.54, 1.807) is 0 Å². The molecule has 68 valence electrons. The van der Waals surface area contributed by atoms with Crippen LogP contribution < -0.4 is 0 Å². The summed E-state index contributed by atoms with van der Waals surface area (Å²) in [6, 6.07) is 10.5. The highest BCUT2D eigenvalue weighted by Gasteiger charge is 2.05. The zero-order chi connectivity index (χ0) is 9.54. The molecular weight excluding hydrogens is 172 g/mol. The van der Waals surface area contributed by atoms with E-state index in [0.29, 0.717) is 0 Å². The molecule has 0 aliphatic carbocycles. The molecule has 3 aromatic rings. The molecule has 0 radical (unpaired) electrons. The van der Waals surface area contributed by atoms with Gasteiger partial charge < -0.3 is 4.57 Å². The van der Waals surface area contributed by atoms with Crippen LogP contribution in [0.1, 0.15) is 0 Å². The van der Waals surface area contributed by atoms with Crippen LogP contribution in [0.4, 0.5) is 0 Å². The van der Waals surface area contributed by atoms with E-state index in [4.69, 9.17) is 0 Å². The molecule has 0 N–H and O–H groups in total. The summed E-state index contributed by atoms with van der Waals surface area (Å²) in [6.45, 7) is 0. The second kappa shape index (κ2) is 2.58. The standard InChI is InChI=1S/C12H10N2/c1-14-11-5-3-2-4-9(11)10-6-7-13-8-12(10)14/h2-8H,1H3. The first kappa shape index (κ1) is 7.56. The largest absolute Gasteiger partial charge is 0.342 e. The summed E-state index contributed by atoms with van der Waals surface area (Å²) in [7, 11) is 2.08. The molecule has 2 heterocycles. The van der Waals surface area contributed by atoms with Crippen molar-refractivity contribution in [3.05, 3.63) is 42.7 Å².